The summed E-state index contributed by atoms with van der Waals surface area (Å²) in [6, 6.07) is -1.16. The van der Waals surface area contributed by atoms with Gasteiger partial charge in [-0.1, -0.05) is 181 Å². The number of ketones is 1. The first-order chi connectivity index (χ1) is 20.6. The molecule has 0 bridgehead atoms. The first kappa shape index (κ1) is 40.6. The summed E-state index contributed by atoms with van der Waals surface area (Å²) in [7, 11) is 1.27. The molecule has 0 radical (unpaired) electrons. The van der Waals surface area contributed by atoms with Gasteiger partial charge in [0.1, 0.15) is 0 Å². The van der Waals surface area contributed by atoms with Crippen molar-refractivity contribution in [1.29, 1.82) is 0 Å². The van der Waals surface area contributed by atoms with Gasteiger partial charge in [0.15, 0.2) is 11.8 Å². The summed E-state index contributed by atoms with van der Waals surface area (Å²) in [6.07, 6.45) is 36.0. The van der Waals surface area contributed by atoms with E-state index in [4.69, 9.17) is 4.74 Å². The summed E-state index contributed by atoms with van der Waals surface area (Å²) >= 11 is 0. The summed E-state index contributed by atoms with van der Waals surface area (Å²) in [4.78, 5) is 37.3. The van der Waals surface area contributed by atoms with Crippen molar-refractivity contribution in [1.82, 2.24) is 5.32 Å². The molecular formula is C37H71NO4. The molecule has 0 aliphatic heterocycles. The third-order valence-electron chi connectivity index (χ3n) is 8.60. The zero-order chi connectivity index (χ0) is 30.9. The van der Waals surface area contributed by atoms with Crippen molar-refractivity contribution >= 4 is 17.7 Å². The predicted octanol–water partition coefficient (Wildman–Crippen LogP) is 11.0. The number of esters is 1. The topological polar surface area (TPSA) is 72.5 Å². The number of amides is 1. The second-order valence-electron chi connectivity index (χ2n) is 12.7. The van der Waals surface area contributed by atoms with Gasteiger partial charge in [-0.25, -0.2) is 4.79 Å². The number of hydrogen-bond acceptors (Lipinski definition) is 4. The molecule has 0 aromatic rings. The van der Waals surface area contributed by atoms with Crippen LogP contribution >= 0.6 is 0 Å². The lowest BCUT2D eigenvalue weighted by Gasteiger charge is -2.15. The molecule has 42 heavy (non-hydrogen) atoms. The number of rotatable bonds is 33. The molecule has 0 aromatic carbocycles. The molecule has 0 spiro atoms. The number of hydrogen-bond donors (Lipinski definition) is 1. The normalized spacial score (nSPS) is 11.9. The van der Waals surface area contributed by atoms with E-state index in [1.165, 1.54) is 148 Å². The molecule has 1 unspecified atom stereocenters. The Labute approximate surface area is 261 Å². The van der Waals surface area contributed by atoms with Gasteiger partial charge in [-0.15, -0.1) is 0 Å². The van der Waals surface area contributed by atoms with Crippen LogP contribution in [0.3, 0.4) is 0 Å². The number of Topliss-reactive ketones (excluding diaryl/α,β-unsaturated/α-hetero) is 1. The molecule has 0 saturated carbocycles. The van der Waals surface area contributed by atoms with E-state index in [0.29, 0.717) is 12.8 Å². The van der Waals surface area contributed by atoms with Crippen molar-refractivity contribution in [3.8, 4) is 0 Å². The van der Waals surface area contributed by atoms with Crippen LogP contribution in [-0.2, 0) is 19.1 Å². The maximum Gasteiger partial charge on any atom is 0.336 e. The highest BCUT2D eigenvalue weighted by atomic mass is 16.5. The molecule has 0 fully saturated rings. The lowest BCUT2D eigenvalue weighted by Crippen LogP contribution is -2.47. The van der Waals surface area contributed by atoms with Crippen LogP contribution in [0.25, 0.3) is 0 Å². The van der Waals surface area contributed by atoms with Crippen molar-refractivity contribution in [2.75, 3.05) is 7.11 Å². The monoisotopic (exact) mass is 594 g/mol. The lowest BCUT2D eigenvalue weighted by atomic mass is 10.0. The van der Waals surface area contributed by atoms with E-state index in [1.54, 1.807) is 0 Å². The van der Waals surface area contributed by atoms with Crippen LogP contribution in [0.15, 0.2) is 0 Å². The maximum absolute atomic E-state index is 12.7. The van der Waals surface area contributed by atoms with Gasteiger partial charge in [0.25, 0.3) is 0 Å². The molecule has 248 valence electrons. The van der Waals surface area contributed by atoms with E-state index < -0.39 is 12.0 Å². The summed E-state index contributed by atoms with van der Waals surface area (Å²) in [6.45, 7) is 4.53. The number of carbonyl (C=O) groups excluding carboxylic acids is 3. The van der Waals surface area contributed by atoms with E-state index in [1.807, 2.05) is 0 Å². The second kappa shape index (κ2) is 32.5. The molecule has 0 aliphatic carbocycles. The largest absolute Gasteiger partial charge is 0.467 e. The fourth-order valence-electron chi connectivity index (χ4n) is 5.74. The minimum absolute atomic E-state index is 0.223. The highest BCUT2D eigenvalue weighted by molar-refractivity contribution is 6.05. The van der Waals surface area contributed by atoms with Crippen molar-refractivity contribution < 1.29 is 19.1 Å². The SMILES string of the molecule is CCCCCCCCCCCCCCCCCC(=O)NC(C(=O)CCCCCCCCCCCCCCC)C(=O)OC. The van der Waals surface area contributed by atoms with Crippen molar-refractivity contribution in [3.63, 3.8) is 0 Å². The zero-order valence-corrected chi connectivity index (χ0v) is 28.4. The molecule has 1 amide bonds. The van der Waals surface area contributed by atoms with Crippen LogP contribution < -0.4 is 5.32 Å². The van der Waals surface area contributed by atoms with Gasteiger partial charge in [-0.2, -0.15) is 0 Å². The predicted molar refractivity (Wildman–Crippen MR) is 179 cm³/mol. The Bertz CT molecular complexity index is 621. The average molecular weight is 594 g/mol. The van der Waals surface area contributed by atoms with E-state index in [-0.39, 0.29) is 11.7 Å². The number of ether oxygens (including phenoxy) is 1. The highest BCUT2D eigenvalue weighted by Crippen LogP contribution is 2.15. The molecule has 0 aliphatic rings. The van der Waals surface area contributed by atoms with Gasteiger partial charge in [-0.05, 0) is 12.8 Å². The van der Waals surface area contributed by atoms with E-state index in [9.17, 15) is 14.4 Å². The fourth-order valence-corrected chi connectivity index (χ4v) is 5.74. The Hall–Kier alpha value is -1.39. The van der Waals surface area contributed by atoms with Gasteiger partial charge in [0.2, 0.25) is 5.91 Å². The molecular weight excluding hydrogens is 522 g/mol. The van der Waals surface area contributed by atoms with Crippen molar-refractivity contribution in [2.24, 2.45) is 0 Å². The molecule has 0 rings (SSSR count). The zero-order valence-electron chi connectivity index (χ0n) is 28.4. The van der Waals surface area contributed by atoms with Crippen molar-refractivity contribution in [3.05, 3.63) is 0 Å². The van der Waals surface area contributed by atoms with Crippen LogP contribution in [0.5, 0.6) is 0 Å². The number of methoxy groups -OCH3 is 1. The van der Waals surface area contributed by atoms with Gasteiger partial charge in [0.05, 0.1) is 7.11 Å². The van der Waals surface area contributed by atoms with Crippen LogP contribution in [0.4, 0.5) is 0 Å². The first-order valence-electron chi connectivity index (χ1n) is 18.5. The minimum atomic E-state index is -1.16. The molecule has 5 nitrogen and oxygen atoms in total. The van der Waals surface area contributed by atoms with Crippen LogP contribution in [0.2, 0.25) is 0 Å². The average Bonchev–Trinajstić information content (AvgIpc) is 2.99. The van der Waals surface area contributed by atoms with E-state index in [0.717, 1.165) is 38.5 Å². The van der Waals surface area contributed by atoms with Gasteiger partial charge < -0.3 is 10.1 Å². The van der Waals surface area contributed by atoms with Crippen LogP contribution in [-0.4, -0.2) is 30.8 Å². The van der Waals surface area contributed by atoms with E-state index >= 15 is 0 Å². The minimum Gasteiger partial charge on any atom is -0.467 e. The molecule has 0 heterocycles. The van der Waals surface area contributed by atoms with Gasteiger partial charge in [-0.3, -0.25) is 9.59 Å². The van der Waals surface area contributed by atoms with Crippen LogP contribution in [0.1, 0.15) is 206 Å². The van der Waals surface area contributed by atoms with Crippen molar-refractivity contribution in [2.45, 2.75) is 213 Å². The third kappa shape index (κ3) is 27.4. The Morgan fingerprint density at radius 2 is 0.738 bits per heavy atom. The first-order valence-corrected chi connectivity index (χ1v) is 18.5. The Morgan fingerprint density at radius 3 is 1.05 bits per heavy atom. The number of unbranched alkanes of at least 4 members (excludes halogenated alkanes) is 26. The molecule has 1 N–H and O–H groups in total. The lowest BCUT2D eigenvalue weighted by molar-refractivity contribution is -0.148. The summed E-state index contributed by atoms with van der Waals surface area (Å²) in [5.41, 5.74) is 0. The van der Waals surface area contributed by atoms with Gasteiger partial charge in [0, 0.05) is 12.8 Å². The molecule has 0 aromatic heterocycles. The Kier molecular flexibility index (Phi) is 31.4. The molecule has 1 atom stereocenters. The summed E-state index contributed by atoms with van der Waals surface area (Å²) in [5.74, 6) is -1.10. The smallest absolute Gasteiger partial charge is 0.336 e. The number of nitrogens with one attached hydrogen (secondary N) is 1. The molecule has 0 saturated heterocycles. The number of carbonyl (C=O) groups is 3. The summed E-state index contributed by atoms with van der Waals surface area (Å²) < 4.78 is 4.81. The fraction of sp³-hybridized carbons (Fsp3) is 0.919. The Morgan fingerprint density at radius 1 is 0.452 bits per heavy atom. The van der Waals surface area contributed by atoms with Gasteiger partial charge >= 0.3 is 5.97 Å². The third-order valence-corrected chi connectivity index (χ3v) is 8.60. The second-order valence-corrected chi connectivity index (χ2v) is 12.7. The summed E-state index contributed by atoms with van der Waals surface area (Å²) in [5, 5.41) is 2.65. The quantitative estimate of drug-likeness (QED) is 0.0466. The van der Waals surface area contributed by atoms with Crippen LogP contribution in [0, 0.1) is 0 Å². The maximum atomic E-state index is 12.7. The standard InChI is InChI=1S/C37H71NO4/c1-4-6-8-10-12-14-16-18-19-21-23-25-27-29-31-33-35(40)38-36(37(41)42-3)34(39)32-30-28-26-24-22-20-17-15-13-11-9-7-5-2/h36H,4-33H2,1-3H3,(H,38,40). The molecule has 5 heteroatoms. The van der Waals surface area contributed by atoms with E-state index in [2.05, 4.69) is 19.2 Å². The highest BCUT2D eigenvalue weighted by Gasteiger charge is 2.28. The Balaban J connectivity index is 3.78.